The summed E-state index contributed by atoms with van der Waals surface area (Å²) in [6.07, 6.45) is 4.95. The molecule has 0 aliphatic rings. The minimum absolute atomic E-state index is 0.394. The number of hydrogen-bond donors (Lipinski definition) is 1. The molecule has 0 spiro atoms. The van der Waals surface area contributed by atoms with E-state index in [2.05, 4.69) is 13.8 Å². The highest BCUT2D eigenvalue weighted by Crippen LogP contribution is 2.05. The Morgan fingerprint density at radius 1 is 1.45 bits per heavy atom. The van der Waals surface area contributed by atoms with Crippen LogP contribution in [0.4, 0.5) is 0 Å². The van der Waals surface area contributed by atoms with Crippen molar-refractivity contribution < 1.29 is 9.90 Å². The second-order valence-electron chi connectivity index (χ2n) is 3.03. The van der Waals surface area contributed by atoms with Gasteiger partial charge in [-0.3, -0.25) is 0 Å². The van der Waals surface area contributed by atoms with E-state index in [1.54, 1.807) is 12.2 Å². The Bertz CT molecular complexity index is 128. The van der Waals surface area contributed by atoms with Crippen LogP contribution in [0.15, 0.2) is 12.2 Å². The number of allylic oxidation sites excluding steroid dienone is 1. The summed E-state index contributed by atoms with van der Waals surface area (Å²) in [7, 11) is 0. The topological polar surface area (TPSA) is 37.3 Å². The largest absolute Gasteiger partial charge is 0.389 e. The lowest BCUT2D eigenvalue weighted by Crippen LogP contribution is -2.05. The number of aliphatic hydroxyl groups is 1. The van der Waals surface area contributed by atoms with E-state index in [0.717, 1.165) is 12.7 Å². The lowest BCUT2D eigenvalue weighted by Gasteiger charge is -2.07. The molecule has 1 unspecified atom stereocenters. The van der Waals surface area contributed by atoms with Crippen LogP contribution in [-0.2, 0) is 4.79 Å². The predicted octanol–water partition coefficient (Wildman–Crippen LogP) is 1.54. The van der Waals surface area contributed by atoms with Crippen LogP contribution in [0.1, 0.15) is 26.7 Å². The minimum atomic E-state index is -0.394. The molecule has 0 aliphatic heterocycles. The van der Waals surface area contributed by atoms with Crippen molar-refractivity contribution in [1.82, 2.24) is 0 Å². The van der Waals surface area contributed by atoms with Crippen molar-refractivity contribution in [3.05, 3.63) is 12.2 Å². The third kappa shape index (κ3) is 7.26. The van der Waals surface area contributed by atoms with Crippen molar-refractivity contribution in [3.63, 3.8) is 0 Å². The number of carbonyl (C=O) groups is 1. The molecule has 64 valence electrons. The van der Waals surface area contributed by atoms with E-state index in [1.807, 2.05) is 0 Å². The molecule has 1 atom stereocenters. The zero-order chi connectivity index (χ0) is 8.69. The van der Waals surface area contributed by atoms with Gasteiger partial charge in [-0.25, -0.2) is 0 Å². The van der Waals surface area contributed by atoms with Crippen molar-refractivity contribution in [1.29, 1.82) is 0 Å². The number of hydrogen-bond acceptors (Lipinski definition) is 2. The van der Waals surface area contributed by atoms with Gasteiger partial charge in [0, 0.05) is 6.42 Å². The molecular formula is C9H16O2. The molecule has 2 heteroatoms. The molecule has 0 radical (unpaired) electrons. The molecule has 0 heterocycles. The van der Waals surface area contributed by atoms with Gasteiger partial charge in [0.2, 0.25) is 0 Å². The SMILES string of the molecule is CC(C)CC(O)C=CCC=O. The highest BCUT2D eigenvalue weighted by atomic mass is 16.3. The van der Waals surface area contributed by atoms with E-state index < -0.39 is 6.10 Å². The highest BCUT2D eigenvalue weighted by Gasteiger charge is 2.00. The van der Waals surface area contributed by atoms with Crippen LogP contribution in [-0.4, -0.2) is 17.5 Å². The summed E-state index contributed by atoms with van der Waals surface area (Å²) in [5, 5.41) is 9.24. The van der Waals surface area contributed by atoms with E-state index in [9.17, 15) is 9.90 Å². The van der Waals surface area contributed by atoms with Gasteiger partial charge in [-0.15, -0.1) is 0 Å². The maximum Gasteiger partial charge on any atom is 0.123 e. The smallest absolute Gasteiger partial charge is 0.123 e. The fourth-order valence-corrected chi connectivity index (χ4v) is 0.853. The molecule has 11 heavy (non-hydrogen) atoms. The van der Waals surface area contributed by atoms with Gasteiger partial charge in [0.15, 0.2) is 0 Å². The summed E-state index contributed by atoms with van der Waals surface area (Å²) in [4.78, 5) is 9.88. The first-order chi connectivity index (χ1) is 5.16. The Kier molecular flexibility index (Phi) is 5.75. The van der Waals surface area contributed by atoms with Crippen LogP contribution in [0.25, 0.3) is 0 Å². The van der Waals surface area contributed by atoms with Crippen LogP contribution in [0.5, 0.6) is 0 Å². The number of carbonyl (C=O) groups excluding carboxylic acids is 1. The van der Waals surface area contributed by atoms with Crippen molar-refractivity contribution in [2.75, 3.05) is 0 Å². The van der Waals surface area contributed by atoms with E-state index in [1.165, 1.54) is 0 Å². The predicted molar refractivity (Wildman–Crippen MR) is 45.3 cm³/mol. The summed E-state index contributed by atoms with van der Waals surface area (Å²) in [6, 6.07) is 0. The molecule has 0 aromatic heterocycles. The first kappa shape index (κ1) is 10.4. The van der Waals surface area contributed by atoms with Crippen LogP contribution in [0, 0.1) is 5.92 Å². The fourth-order valence-electron chi connectivity index (χ4n) is 0.853. The van der Waals surface area contributed by atoms with Gasteiger partial charge in [0.05, 0.1) is 6.10 Å². The summed E-state index contributed by atoms with van der Waals surface area (Å²) in [5.74, 6) is 0.492. The summed E-state index contributed by atoms with van der Waals surface area (Å²) >= 11 is 0. The number of aliphatic hydroxyl groups excluding tert-OH is 1. The third-order valence-corrected chi connectivity index (χ3v) is 1.30. The average molecular weight is 156 g/mol. The first-order valence-corrected chi connectivity index (χ1v) is 3.95. The molecule has 0 fully saturated rings. The Balaban J connectivity index is 3.50. The van der Waals surface area contributed by atoms with Crippen LogP contribution in [0.3, 0.4) is 0 Å². The van der Waals surface area contributed by atoms with Gasteiger partial charge >= 0.3 is 0 Å². The normalized spacial score (nSPS) is 14.2. The van der Waals surface area contributed by atoms with Crippen molar-refractivity contribution in [2.24, 2.45) is 5.92 Å². The molecular weight excluding hydrogens is 140 g/mol. The molecule has 0 saturated heterocycles. The lowest BCUT2D eigenvalue weighted by atomic mass is 10.1. The molecule has 0 bridgehead atoms. The summed E-state index contributed by atoms with van der Waals surface area (Å²) in [6.45, 7) is 4.10. The second kappa shape index (κ2) is 6.10. The Morgan fingerprint density at radius 3 is 2.55 bits per heavy atom. The molecule has 0 amide bonds. The molecule has 0 rings (SSSR count). The van der Waals surface area contributed by atoms with Gasteiger partial charge in [-0.1, -0.05) is 26.0 Å². The third-order valence-electron chi connectivity index (χ3n) is 1.30. The van der Waals surface area contributed by atoms with Crippen molar-refractivity contribution in [2.45, 2.75) is 32.8 Å². The first-order valence-electron chi connectivity index (χ1n) is 3.95. The molecule has 1 N–H and O–H groups in total. The highest BCUT2D eigenvalue weighted by molar-refractivity contribution is 5.51. The van der Waals surface area contributed by atoms with E-state index in [0.29, 0.717) is 12.3 Å². The van der Waals surface area contributed by atoms with E-state index in [4.69, 9.17) is 0 Å². The zero-order valence-electron chi connectivity index (χ0n) is 7.16. The van der Waals surface area contributed by atoms with Gasteiger partial charge in [0.1, 0.15) is 6.29 Å². The summed E-state index contributed by atoms with van der Waals surface area (Å²) in [5.41, 5.74) is 0. The van der Waals surface area contributed by atoms with Crippen molar-refractivity contribution >= 4 is 6.29 Å². The number of rotatable bonds is 5. The Morgan fingerprint density at radius 2 is 2.09 bits per heavy atom. The monoisotopic (exact) mass is 156 g/mol. The Hall–Kier alpha value is -0.630. The molecule has 2 nitrogen and oxygen atoms in total. The van der Waals surface area contributed by atoms with Crippen LogP contribution < -0.4 is 0 Å². The number of aldehydes is 1. The van der Waals surface area contributed by atoms with Gasteiger partial charge < -0.3 is 9.90 Å². The van der Waals surface area contributed by atoms with Gasteiger partial charge in [0.25, 0.3) is 0 Å². The van der Waals surface area contributed by atoms with Crippen molar-refractivity contribution in [3.8, 4) is 0 Å². The maximum absolute atomic E-state index is 9.88. The second-order valence-corrected chi connectivity index (χ2v) is 3.03. The molecule has 0 aromatic carbocycles. The molecule has 0 aliphatic carbocycles. The van der Waals surface area contributed by atoms with Crippen LogP contribution >= 0.6 is 0 Å². The van der Waals surface area contributed by atoms with Crippen LogP contribution in [0.2, 0.25) is 0 Å². The molecule has 0 saturated carbocycles. The molecule has 0 aromatic rings. The quantitative estimate of drug-likeness (QED) is 0.484. The minimum Gasteiger partial charge on any atom is -0.389 e. The fraction of sp³-hybridized carbons (Fsp3) is 0.667. The Labute approximate surface area is 67.9 Å². The van der Waals surface area contributed by atoms with Gasteiger partial charge in [-0.05, 0) is 12.3 Å². The summed E-state index contributed by atoms with van der Waals surface area (Å²) < 4.78 is 0. The maximum atomic E-state index is 9.88. The van der Waals surface area contributed by atoms with E-state index in [-0.39, 0.29) is 0 Å². The zero-order valence-corrected chi connectivity index (χ0v) is 7.16. The van der Waals surface area contributed by atoms with Gasteiger partial charge in [-0.2, -0.15) is 0 Å². The average Bonchev–Trinajstić information content (AvgIpc) is 1.86. The van der Waals surface area contributed by atoms with E-state index >= 15 is 0 Å². The standard InChI is InChI=1S/C9H16O2/c1-8(2)7-9(11)5-3-4-6-10/h3,5-6,8-9,11H,4,7H2,1-2H3. The lowest BCUT2D eigenvalue weighted by molar-refractivity contribution is -0.107.